The minimum absolute atomic E-state index is 0.302. The molecule has 0 aliphatic carbocycles. The Morgan fingerprint density at radius 2 is 1.79 bits per heavy atom. The first-order chi connectivity index (χ1) is 13.5. The Labute approximate surface area is 168 Å². The summed E-state index contributed by atoms with van der Waals surface area (Å²) in [5.74, 6) is -0.152. The van der Waals surface area contributed by atoms with Crippen molar-refractivity contribution in [2.24, 2.45) is 0 Å². The Hall–Kier alpha value is -3.26. The number of fused-ring (bicyclic) bond motifs is 1. The molecule has 28 heavy (non-hydrogen) atoms. The Morgan fingerprint density at radius 1 is 1.04 bits per heavy atom. The van der Waals surface area contributed by atoms with Crippen LogP contribution in [0.1, 0.15) is 10.4 Å². The van der Waals surface area contributed by atoms with Crippen molar-refractivity contribution < 1.29 is 13.9 Å². The van der Waals surface area contributed by atoms with E-state index < -0.39 is 0 Å². The molecular weight excluding hydrogens is 427 g/mol. The van der Waals surface area contributed by atoms with Crippen molar-refractivity contribution in [2.75, 3.05) is 12.4 Å². The van der Waals surface area contributed by atoms with Gasteiger partial charge in [0.2, 0.25) is 0 Å². The summed E-state index contributed by atoms with van der Waals surface area (Å²) < 4.78 is 19.1. The first-order valence-corrected chi connectivity index (χ1v) is 9.11. The average molecular weight is 441 g/mol. The van der Waals surface area contributed by atoms with Crippen molar-refractivity contribution in [1.29, 1.82) is 0 Å². The lowest BCUT2D eigenvalue weighted by molar-refractivity contribution is 0.102. The SMILES string of the molecule is COc1ccc(Br)cc1C(=O)Nc1ccc2nn(-c3ccc(F)cc3)nc2c1. The van der Waals surface area contributed by atoms with Crippen molar-refractivity contribution in [1.82, 2.24) is 15.0 Å². The monoisotopic (exact) mass is 440 g/mol. The zero-order chi connectivity index (χ0) is 19.7. The standard InChI is InChI=1S/C20H14BrFN4O2/c1-28-19-9-2-12(21)10-16(19)20(27)23-14-5-8-17-18(11-14)25-26(24-17)15-6-3-13(22)4-7-15/h2-11H,1H3,(H,23,27). The summed E-state index contributed by atoms with van der Waals surface area (Å²) in [7, 11) is 1.51. The van der Waals surface area contributed by atoms with Gasteiger partial charge in [0.05, 0.1) is 18.4 Å². The number of ether oxygens (including phenoxy) is 1. The van der Waals surface area contributed by atoms with Gasteiger partial charge in [0, 0.05) is 10.2 Å². The molecule has 0 atom stereocenters. The lowest BCUT2D eigenvalue weighted by atomic mass is 10.2. The molecule has 0 saturated heterocycles. The van der Waals surface area contributed by atoms with Gasteiger partial charge in [-0.3, -0.25) is 4.79 Å². The van der Waals surface area contributed by atoms with Crippen LogP contribution < -0.4 is 10.1 Å². The Balaban J connectivity index is 1.62. The number of rotatable bonds is 4. The summed E-state index contributed by atoms with van der Waals surface area (Å²) in [6.07, 6.45) is 0. The average Bonchev–Trinajstić information content (AvgIpc) is 3.11. The van der Waals surface area contributed by atoms with Gasteiger partial charge in [-0.2, -0.15) is 4.80 Å². The molecular formula is C20H14BrFN4O2. The molecule has 0 unspecified atom stereocenters. The molecule has 4 aromatic rings. The first kappa shape index (κ1) is 18.1. The summed E-state index contributed by atoms with van der Waals surface area (Å²) in [6, 6.07) is 16.3. The number of nitrogens with one attached hydrogen (secondary N) is 1. The molecule has 140 valence electrons. The fourth-order valence-electron chi connectivity index (χ4n) is 2.74. The van der Waals surface area contributed by atoms with Crippen molar-refractivity contribution in [3.05, 3.63) is 76.5 Å². The predicted octanol–water partition coefficient (Wildman–Crippen LogP) is 4.58. The zero-order valence-electron chi connectivity index (χ0n) is 14.7. The number of methoxy groups -OCH3 is 1. The van der Waals surface area contributed by atoms with E-state index in [9.17, 15) is 9.18 Å². The molecule has 0 bridgehead atoms. The van der Waals surface area contributed by atoms with Crippen molar-refractivity contribution in [3.8, 4) is 11.4 Å². The van der Waals surface area contributed by atoms with Gasteiger partial charge in [-0.1, -0.05) is 15.9 Å². The van der Waals surface area contributed by atoms with Gasteiger partial charge in [0.1, 0.15) is 22.6 Å². The first-order valence-electron chi connectivity index (χ1n) is 8.31. The van der Waals surface area contributed by atoms with Gasteiger partial charge in [-0.05, 0) is 60.7 Å². The van der Waals surface area contributed by atoms with Gasteiger partial charge in [0.25, 0.3) is 5.91 Å². The Morgan fingerprint density at radius 3 is 2.54 bits per heavy atom. The van der Waals surface area contributed by atoms with Gasteiger partial charge in [0.15, 0.2) is 0 Å². The normalized spacial score (nSPS) is 10.8. The highest BCUT2D eigenvalue weighted by atomic mass is 79.9. The van der Waals surface area contributed by atoms with E-state index in [-0.39, 0.29) is 11.7 Å². The third-order valence-electron chi connectivity index (χ3n) is 4.10. The van der Waals surface area contributed by atoms with E-state index in [1.54, 1.807) is 48.5 Å². The van der Waals surface area contributed by atoms with Gasteiger partial charge >= 0.3 is 0 Å². The maximum atomic E-state index is 13.1. The van der Waals surface area contributed by atoms with Crippen LogP contribution in [0.4, 0.5) is 10.1 Å². The molecule has 0 saturated carbocycles. The molecule has 1 amide bonds. The molecule has 4 rings (SSSR count). The second kappa shape index (κ2) is 7.40. The fraction of sp³-hybridized carbons (Fsp3) is 0.0500. The molecule has 8 heteroatoms. The summed E-state index contributed by atoms with van der Waals surface area (Å²) in [6.45, 7) is 0. The van der Waals surface area contributed by atoms with Crippen LogP contribution >= 0.6 is 15.9 Å². The molecule has 0 aliphatic rings. The number of amides is 1. The number of carbonyl (C=O) groups is 1. The number of halogens is 2. The van der Waals surface area contributed by atoms with Crippen LogP contribution in [0.2, 0.25) is 0 Å². The molecule has 3 aromatic carbocycles. The lowest BCUT2D eigenvalue weighted by Crippen LogP contribution is -2.13. The summed E-state index contributed by atoms with van der Waals surface area (Å²) in [5, 5.41) is 11.6. The van der Waals surface area contributed by atoms with Crippen LogP contribution in [0.15, 0.2) is 65.1 Å². The van der Waals surface area contributed by atoms with Gasteiger partial charge in [-0.25, -0.2) is 4.39 Å². The lowest BCUT2D eigenvalue weighted by Gasteiger charge is -2.09. The molecule has 0 radical (unpaired) electrons. The molecule has 1 heterocycles. The van der Waals surface area contributed by atoms with Crippen molar-refractivity contribution in [3.63, 3.8) is 0 Å². The highest BCUT2D eigenvalue weighted by Gasteiger charge is 2.14. The van der Waals surface area contributed by atoms with E-state index in [1.807, 2.05) is 0 Å². The number of benzene rings is 3. The third kappa shape index (κ3) is 3.59. The smallest absolute Gasteiger partial charge is 0.259 e. The topological polar surface area (TPSA) is 69.0 Å². The predicted molar refractivity (Wildman–Crippen MR) is 107 cm³/mol. The summed E-state index contributed by atoms with van der Waals surface area (Å²) in [4.78, 5) is 14.1. The molecule has 0 spiro atoms. The van der Waals surface area contributed by atoms with Gasteiger partial charge in [-0.15, -0.1) is 10.2 Å². The van der Waals surface area contributed by atoms with Crippen LogP contribution in [0.25, 0.3) is 16.7 Å². The van der Waals surface area contributed by atoms with Crippen LogP contribution in [0, 0.1) is 5.82 Å². The van der Waals surface area contributed by atoms with E-state index in [0.717, 1.165) is 4.47 Å². The number of carbonyl (C=O) groups excluding carboxylic acids is 1. The third-order valence-corrected chi connectivity index (χ3v) is 4.60. The minimum Gasteiger partial charge on any atom is -0.496 e. The van der Waals surface area contributed by atoms with E-state index in [0.29, 0.717) is 33.7 Å². The van der Waals surface area contributed by atoms with Crippen LogP contribution in [0.3, 0.4) is 0 Å². The zero-order valence-corrected chi connectivity index (χ0v) is 16.3. The molecule has 1 aromatic heterocycles. The number of nitrogens with zero attached hydrogens (tertiary/aromatic N) is 3. The maximum Gasteiger partial charge on any atom is 0.259 e. The molecule has 0 fully saturated rings. The highest BCUT2D eigenvalue weighted by molar-refractivity contribution is 9.10. The second-order valence-electron chi connectivity index (χ2n) is 5.97. The Bertz CT molecular complexity index is 1170. The summed E-state index contributed by atoms with van der Waals surface area (Å²) in [5.41, 5.74) is 2.88. The second-order valence-corrected chi connectivity index (χ2v) is 6.88. The summed E-state index contributed by atoms with van der Waals surface area (Å²) >= 11 is 3.36. The van der Waals surface area contributed by atoms with Crippen molar-refractivity contribution >= 4 is 38.6 Å². The fourth-order valence-corrected chi connectivity index (χ4v) is 3.10. The van der Waals surface area contributed by atoms with Crippen LogP contribution in [-0.2, 0) is 0 Å². The highest BCUT2D eigenvalue weighted by Crippen LogP contribution is 2.25. The molecule has 1 N–H and O–H groups in total. The van der Waals surface area contributed by atoms with Crippen molar-refractivity contribution in [2.45, 2.75) is 0 Å². The van der Waals surface area contributed by atoms with Crippen LogP contribution in [-0.4, -0.2) is 28.0 Å². The molecule has 0 aliphatic heterocycles. The van der Waals surface area contributed by atoms with E-state index in [4.69, 9.17) is 4.74 Å². The number of aromatic nitrogens is 3. The maximum absolute atomic E-state index is 13.1. The van der Waals surface area contributed by atoms with E-state index in [1.165, 1.54) is 24.0 Å². The van der Waals surface area contributed by atoms with E-state index in [2.05, 4.69) is 31.4 Å². The van der Waals surface area contributed by atoms with Crippen LogP contribution in [0.5, 0.6) is 5.75 Å². The largest absolute Gasteiger partial charge is 0.496 e. The number of hydrogen-bond acceptors (Lipinski definition) is 4. The number of anilines is 1. The quantitative estimate of drug-likeness (QED) is 0.504. The minimum atomic E-state index is -0.326. The number of hydrogen-bond donors (Lipinski definition) is 1. The van der Waals surface area contributed by atoms with E-state index >= 15 is 0 Å². The Kier molecular flexibility index (Phi) is 4.79. The van der Waals surface area contributed by atoms with Gasteiger partial charge < -0.3 is 10.1 Å². The molecule has 6 nitrogen and oxygen atoms in total.